The SMILES string of the molecule is Cc1cc2n(n1)C(c1ccc(C(C)(C)C)cc1)CCN2. The molecule has 1 aliphatic rings. The van der Waals surface area contributed by atoms with Crippen molar-refractivity contribution in [3.8, 4) is 0 Å². The van der Waals surface area contributed by atoms with E-state index in [9.17, 15) is 0 Å². The number of benzene rings is 1. The Morgan fingerprint density at radius 3 is 2.55 bits per heavy atom. The van der Waals surface area contributed by atoms with Crippen molar-refractivity contribution in [3.63, 3.8) is 0 Å². The molecule has 0 saturated heterocycles. The van der Waals surface area contributed by atoms with Gasteiger partial charge in [-0.1, -0.05) is 45.0 Å². The molecule has 0 fully saturated rings. The maximum absolute atomic E-state index is 4.63. The smallest absolute Gasteiger partial charge is 0.125 e. The van der Waals surface area contributed by atoms with Crippen LogP contribution in [0.1, 0.15) is 50.1 Å². The molecule has 1 aromatic carbocycles. The van der Waals surface area contributed by atoms with E-state index in [2.05, 4.69) is 66.2 Å². The van der Waals surface area contributed by atoms with Gasteiger partial charge in [0.1, 0.15) is 5.82 Å². The Bertz CT molecular complexity index is 602. The number of fused-ring (bicyclic) bond motifs is 1. The minimum atomic E-state index is 0.208. The standard InChI is InChI=1S/C17H23N3/c1-12-11-16-18-10-9-15(20(16)19-12)13-5-7-14(8-6-13)17(2,3)4/h5-8,11,15,18H,9-10H2,1-4H3. The molecule has 0 saturated carbocycles. The highest BCUT2D eigenvalue weighted by molar-refractivity contribution is 5.41. The third-order valence-electron chi connectivity index (χ3n) is 4.04. The molecule has 1 N–H and O–H groups in total. The molecule has 0 bridgehead atoms. The van der Waals surface area contributed by atoms with Gasteiger partial charge in [-0.25, -0.2) is 4.68 Å². The summed E-state index contributed by atoms with van der Waals surface area (Å²) < 4.78 is 2.13. The van der Waals surface area contributed by atoms with Crippen molar-refractivity contribution in [2.75, 3.05) is 11.9 Å². The first-order valence-electron chi connectivity index (χ1n) is 7.35. The molecule has 2 aromatic rings. The molecule has 2 heterocycles. The molecular formula is C17H23N3. The quantitative estimate of drug-likeness (QED) is 0.851. The summed E-state index contributed by atoms with van der Waals surface area (Å²) in [5.74, 6) is 1.14. The summed E-state index contributed by atoms with van der Waals surface area (Å²) in [6.07, 6.45) is 1.09. The molecule has 1 aliphatic heterocycles. The van der Waals surface area contributed by atoms with Gasteiger partial charge in [0, 0.05) is 12.6 Å². The third kappa shape index (κ3) is 2.33. The van der Waals surface area contributed by atoms with Gasteiger partial charge in [0.25, 0.3) is 0 Å². The van der Waals surface area contributed by atoms with Crippen LogP contribution in [0.4, 0.5) is 5.82 Å². The van der Waals surface area contributed by atoms with Crippen molar-refractivity contribution >= 4 is 5.82 Å². The first-order chi connectivity index (χ1) is 9.45. The van der Waals surface area contributed by atoms with Crippen LogP contribution in [0.15, 0.2) is 30.3 Å². The van der Waals surface area contributed by atoms with Gasteiger partial charge in [-0.05, 0) is 29.9 Å². The van der Waals surface area contributed by atoms with Crippen molar-refractivity contribution in [1.82, 2.24) is 9.78 Å². The lowest BCUT2D eigenvalue weighted by Crippen LogP contribution is -2.24. The predicted octanol–water partition coefficient (Wildman–Crippen LogP) is 3.89. The average Bonchev–Trinajstić information content (AvgIpc) is 2.78. The molecule has 106 valence electrons. The molecule has 0 aliphatic carbocycles. The van der Waals surface area contributed by atoms with Crippen LogP contribution in [0.3, 0.4) is 0 Å². The van der Waals surface area contributed by atoms with Crippen LogP contribution >= 0.6 is 0 Å². The first kappa shape index (κ1) is 13.2. The number of anilines is 1. The number of hydrogen-bond donors (Lipinski definition) is 1. The molecule has 1 aromatic heterocycles. The zero-order chi connectivity index (χ0) is 14.3. The Labute approximate surface area is 121 Å². The van der Waals surface area contributed by atoms with Gasteiger partial charge in [0.05, 0.1) is 11.7 Å². The molecule has 1 atom stereocenters. The van der Waals surface area contributed by atoms with Crippen LogP contribution in [-0.4, -0.2) is 16.3 Å². The van der Waals surface area contributed by atoms with Gasteiger partial charge in [-0.15, -0.1) is 0 Å². The lowest BCUT2D eigenvalue weighted by Gasteiger charge is -2.27. The lowest BCUT2D eigenvalue weighted by molar-refractivity contribution is 0.479. The second kappa shape index (κ2) is 4.65. The van der Waals surface area contributed by atoms with Gasteiger partial charge in [-0.3, -0.25) is 0 Å². The second-order valence-corrected chi connectivity index (χ2v) is 6.72. The fourth-order valence-electron chi connectivity index (χ4n) is 2.86. The highest BCUT2D eigenvalue weighted by Crippen LogP contribution is 2.31. The van der Waals surface area contributed by atoms with E-state index in [4.69, 9.17) is 0 Å². The number of aryl methyl sites for hydroxylation is 1. The van der Waals surface area contributed by atoms with Crippen molar-refractivity contribution < 1.29 is 0 Å². The molecule has 0 radical (unpaired) electrons. The van der Waals surface area contributed by atoms with Gasteiger partial charge in [0.15, 0.2) is 0 Å². The van der Waals surface area contributed by atoms with Crippen molar-refractivity contribution in [1.29, 1.82) is 0 Å². The van der Waals surface area contributed by atoms with E-state index in [1.807, 2.05) is 6.92 Å². The molecule has 3 heteroatoms. The van der Waals surface area contributed by atoms with Gasteiger partial charge >= 0.3 is 0 Å². The van der Waals surface area contributed by atoms with E-state index >= 15 is 0 Å². The van der Waals surface area contributed by atoms with Crippen LogP contribution in [0.25, 0.3) is 0 Å². The number of rotatable bonds is 1. The topological polar surface area (TPSA) is 29.9 Å². The van der Waals surface area contributed by atoms with Crippen LogP contribution in [0.2, 0.25) is 0 Å². The van der Waals surface area contributed by atoms with Crippen LogP contribution in [0.5, 0.6) is 0 Å². The predicted molar refractivity (Wildman–Crippen MR) is 83.4 cm³/mol. The largest absolute Gasteiger partial charge is 0.370 e. The maximum atomic E-state index is 4.63. The fraction of sp³-hybridized carbons (Fsp3) is 0.471. The third-order valence-corrected chi connectivity index (χ3v) is 4.04. The Morgan fingerprint density at radius 2 is 1.90 bits per heavy atom. The van der Waals surface area contributed by atoms with Crippen molar-refractivity contribution in [2.24, 2.45) is 0 Å². The van der Waals surface area contributed by atoms with Crippen LogP contribution in [-0.2, 0) is 5.41 Å². The summed E-state index contributed by atoms with van der Waals surface area (Å²) in [6.45, 7) is 9.81. The molecule has 20 heavy (non-hydrogen) atoms. The molecule has 1 unspecified atom stereocenters. The number of nitrogens with zero attached hydrogens (tertiary/aromatic N) is 2. The summed E-state index contributed by atoms with van der Waals surface area (Å²) in [5, 5.41) is 8.05. The molecule has 0 amide bonds. The van der Waals surface area contributed by atoms with Crippen molar-refractivity contribution in [3.05, 3.63) is 47.2 Å². The minimum absolute atomic E-state index is 0.208. The first-order valence-corrected chi connectivity index (χ1v) is 7.35. The molecule has 0 spiro atoms. The van der Waals surface area contributed by atoms with E-state index in [0.29, 0.717) is 6.04 Å². The lowest BCUT2D eigenvalue weighted by atomic mass is 9.86. The van der Waals surface area contributed by atoms with E-state index in [1.165, 1.54) is 11.1 Å². The van der Waals surface area contributed by atoms with E-state index < -0.39 is 0 Å². The fourth-order valence-corrected chi connectivity index (χ4v) is 2.86. The second-order valence-electron chi connectivity index (χ2n) is 6.72. The Morgan fingerprint density at radius 1 is 1.20 bits per heavy atom. The van der Waals surface area contributed by atoms with Crippen LogP contribution in [0, 0.1) is 6.92 Å². The average molecular weight is 269 g/mol. The Balaban J connectivity index is 1.94. The highest BCUT2D eigenvalue weighted by Gasteiger charge is 2.23. The Kier molecular flexibility index (Phi) is 3.08. The zero-order valence-corrected chi connectivity index (χ0v) is 12.8. The minimum Gasteiger partial charge on any atom is -0.370 e. The molecule has 3 rings (SSSR count). The number of aromatic nitrogens is 2. The monoisotopic (exact) mass is 269 g/mol. The highest BCUT2D eigenvalue weighted by atomic mass is 15.4. The van der Waals surface area contributed by atoms with Gasteiger partial charge in [0.2, 0.25) is 0 Å². The Hall–Kier alpha value is -1.77. The number of hydrogen-bond acceptors (Lipinski definition) is 2. The normalized spacial score (nSPS) is 18.5. The van der Waals surface area contributed by atoms with Gasteiger partial charge in [-0.2, -0.15) is 5.10 Å². The van der Waals surface area contributed by atoms with E-state index in [0.717, 1.165) is 24.5 Å². The van der Waals surface area contributed by atoms with Gasteiger partial charge < -0.3 is 5.32 Å². The number of nitrogens with one attached hydrogen (secondary N) is 1. The summed E-state index contributed by atoms with van der Waals surface area (Å²) >= 11 is 0. The molecular weight excluding hydrogens is 246 g/mol. The summed E-state index contributed by atoms with van der Waals surface area (Å²) in [5.41, 5.74) is 4.02. The van der Waals surface area contributed by atoms with Crippen LogP contribution < -0.4 is 5.32 Å². The summed E-state index contributed by atoms with van der Waals surface area (Å²) in [7, 11) is 0. The maximum Gasteiger partial charge on any atom is 0.125 e. The van der Waals surface area contributed by atoms with Crippen molar-refractivity contribution in [2.45, 2.75) is 45.6 Å². The summed E-state index contributed by atoms with van der Waals surface area (Å²) in [6, 6.07) is 11.5. The van der Waals surface area contributed by atoms with E-state index in [-0.39, 0.29) is 5.41 Å². The summed E-state index contributed by atoms with van der Waals surface area (Å²) in [4.78, 5) is 0. The molecule has 3 nitrogen and oxygen atoms in total. The van der Waals surface area contributed by atoms with E-state index in [1.54, 1.807) is 0 Å². The zero-order valence-electron chi connectivity index (χ0n) is 12.8.